The van der Waals surface area contributed by atoms with Gasteiger partial charge in [0, 0.05) is 11.3 Å². The number of nitrogens with one attached hydrogen (secondary N) is 1. The zero-order valence-corrected chi connectivity index (χ0v) is 18.3. The Morgan fingerprint density at radius 2 is 1.88 bits per heavy atom. The van der Waals surface area contributed by atoms with Crippen molar-refractivity contribution in [2.75, 3.05) is 0 Å². The monoisotopic (exact) mass is 464 g/mol. The summed E-state index contributed by atoms with van der Waals surface area (Å²) < 4.78 is 38.5. The van der Waals surface area contributed by atoms with Gasteiger partial charge in [0.25, 0.3) is 5.89 Å². The van der Waals surface area contributed by atoms with Crippen molar-refractivity contribution in [3.63, 3.8) is 0 Å². The molecule has 1 unspecified atom stereocenters. The minimum absolute atomic E-state index is 0.250. The van der Waals surface area contributed by atoms with Crippen LogP contribution in [0.2, 0.25) is 0 Å². The average Bonchev–Trinajstić information content (AvgIpc) is 3.49. The Labute approximate surface area is 193 Å². The largest absolute Gasteiger partial charge is 0.467 e. The Bertz CT molecular complexity index is 1330. The van der Waals surface area contributed by atoms with Crippen molar-refractivity contribution in [2.45, 2.75) is 19.5 Å². The molecular weight excluding hydrogens is 446 g/mol. The maximum atomic E-state index is 14.1. The number of thiocarbonyl (C=S) groups is 1. The number of halogens is 2. The summed E-state index contributed by atoms with van der Waals surface area (Å²) in [7, 11) is 0. The summed E-state index contributed by atoms with van der Waals surface area (Å²) in [6.45, 7) is 2.28. The lowest BCUT2D eigenvalue weighted by atomic mass is 9.94. The van der Waals surface area contributed by atoms with Gasteiger partial charge in [-0.2, -0.15) is 4.98 Å². The molecule has 0 amide bonds. The molecule has 0 saturated carbocycles. The first-order valence-corrected chi connectivity index (χ1v) is 10.6. The van der Waals surface area contributed by atoms with Crippen molar-refractivity contribution in [3.8, 4) is 11.4 Å². The molecule has 0 fully saturated rings. The van der Waals surface area contributed by atoms with Gasteiger partial charge in [-0.05, 0) is 73.2 Å². The van der Waals surface area contributed by atoms with Crippen LogP contribution in [0.4, 0.5) is 8.78 Å². The second-order valence-electron chi connectivity index (χ2n) is 7.53. The molecule has 1 N–H and O–H groups in total. The fraction of sp³-hybridized carbons (Fsp3) is 0.125. The second-order valence-corrected chi connectivity index (χ2v) is 7.92. The first-order chi connectivity index (χ1) is 16.0. The lowest BCUT2D eigenvalue weighted by Crippen LogP contribution is -2.45. The second kappa shape index (κ2) is 8.59. The Hall–Kier alpha value is -3.85. The van der Waals surface area contributed by atoms with Crippen LogP contribution in [-0.2, 0) is 6.54 Å². The number of hydrogen-bond donors (Lipinski definition) is 1. The van der Waals surface area contributed by atoms with E-state index in [1.807, 2.05) is 17.9 Å². The Balaban J connectivity index is 1.60. The SMILES string of the molecule is CC1=C(c2nc(-c3ccc(F)cc3)no2)C(c2cccc(F)c2)NC(=S)N1Cc1ccco1. The van der Waals surface area contributed by atoms with Crippen LogP contribution in [0.25, 0.3) is 17.0 Å². The molecule has 0 aliphatic carbocycles. The molecule has 2 aromatic heterocycles. The van der Waals surface area contributed by atoms with E-state index in [2.05, 4.69) is 15.5 Å². The number of rotatable bonds is 5. The van der Waals surface area contributed by atoms with Gasteiger partial charge >= 0.3 is 0 Å². The number of benzene rings is 2. The van der Waals surface area contributed by atoms with Gasteiger partial charge in [-0.25, -0.2) is 8.78 Å². The van der Waals surface area contributed by atoms with E-state index in [0.717, 1.165) is 11.5 Å². The number of hydrogen-bond acceptors (Lipinski definition) is 5. The van der Waals surface area contributed by atoms with E-state index < -0.39 is 6.04 Å². The standard InChI is InChI=1S/C24H18F2N4O2S/c1-14-20(23-28-22(29-32-23)15-7-9-17(25)10-8-15)21(16-4-2-5-18(26)12-16)27-24(33)30(14)13-19-6-3-11-31-19/h2-12,21H,13H2,1H3,(H,27,33). The minimum Gasteiger partial charge on any atom is -0.467 e. The molecule has 0 bridgehead atoms. The molecule has 1 aliphatic heterocycles. The molecule has 5 rings (SSSR count). The van der Waals surface area contributed by atoms with Crippen molar-refractivity contribution >= 4 is 22.9 Å². The summed E-state index contributed by atoms with van der Waals surface area (Å²) in [4.78, 5) is 6.42. The maximum absolute atomic E-state index is 14.1. The molecule has 1 atom stereocenters. The first kappa shape index (κ1) is 21.0. The normalized spacial score (nSPS) is 16.3. The Kier molecular flexibility index (Phi) is 5.47. The third-order valence-corrected chi connectivity index (χ3v) is 5.77. The molecule has 0 spiro atoms. The molecule has 33 heavy (non-hydrogen) atoms. The van der Waals surface area contributed by atoms with Crippen LogP contribution in [0, 0.1) is 11.6 Å². The predicted molar refractivity (Wildman–Crippen MR) is 121 cm³/mol. The molecule has 4 aromatic rings. The van der Waals surface area contributed by atoms with Gasteiger partial charge in [0.1, 0.15) is 17.4 Å². The number of allylic oxidation sites excluding steroid dienone is 1. The highest BCUT2D eigenvalue weighted by Crippen LogP contribution is 2.38. The Morgan fingerprint density at radius 3 is 2.61 bits per heavy atom. The number of aromatic nitrogens is 2. The van der Waals surface area contributed by atoms with Gasteiger partial charge in [0.05, 0.1) is 24.4 Å². The van der Waals surface area contributed by atoms with E-state index in [4.69, 9.17) is 21.2 Å². The molecule has 0 radical (unpaired) electrons. The molecular formula is C24H18F2N4O2S. The van der Waals surface area contributed by atoms with Gasteiger partial charge in [0.15, 0.2) is 5.11 Å². The number of furan rings is 1. The minimum atomic E-state index is -0.512. The van der Waals surface area contributed by atoms with Crippen molar-refractivity contribution in [2.24, 2.45) is 0 Å². The van der Waals surface area contributed by atoms with Crippen LogP contribution in [-0.4, -0.2) is 20.2 Å². The molecule has 3 heterocycles. The van der Waals surface area contributed by atoms with Crippen molar-refractivity contribution in [3.05, 3.63) is 101 Å². The van der Waals surface area contributed by atoms with Gasteiger partial charge < -0.3 is 19.2 Å². The van der Waals surface area contributed by atoms with Crippen molar-refractivity contribution < 1.29 is 17.7 Å². The zero-order chi connectivity index (χ0) is 22.9. The van der Waals surface area contributed by atoms with Crippen LogP contribution in [0.3, 0.4) is 0 Å². The van der Waals surface area contributed by atoms with E-state index in [-0.39, 0.29) is 17.5 Å². The van der Waals surface area contributed by atoms with Crippen LogP contribution in [0.5, 0.6) is 0 Å². The summed E-state index contributed by atoms with van der Waals surface area (Å²) in [6.07, 6.45) is 1.60. The topological polar surface area (TPSA) is 67.3 Å². The molecule has 0 saturated heterocycles. The quantitative estimate of drug-likeness (QED) is 0.393. The molecule has 1 aliphatic rings. The maximum Gasteiger partial charge on any atom is 0.258 e. The van der Waals surface area contributed by atoms with Gasteiger partial charge in [-0.15, -0.1) is 0 Å². The summed E-state index contributed by atoms with van der Waals surface area (Å²) in [5.74, 6) is 0.563. The molecule has 166 valence electrons. The predicted octanol–water partition coefficient (Wildman–Crippen LogP) is 5.47. The smallest absolute Gasteiger partial charge is 0.258 e. The molecule has 6 nitrogen and oxygen atoms in total. The van der Waals surface area contributed by atoms with Crippen LogP contribution < -0.4 is 5.32 Å². The van der Waals surface area contributed by atoms with E-state index in [0.29, 0.717) is 34.2 Å². The van der Waals surface area contributed by atoms with E-state index in [9.17, 15) is 8.78 Å². The lowest BCUT2D eigenvalue weighted by Gasteiger charge is -2.37. The van der Waals surface area contributed by atoms with Crippen LogP contribution in [0.15, 0.2) is 81.6 Å². The van der Waals surface area contributed by atoms with Crippen molar-refractivity contribution in [1.82, 2.24) is 20.4 Å². The van der Waals surface area contributed by atoms with E-state index in [1.54, 1.807) is 36.6 Å². The Morgan fingerprint density at radius 1 is 1.06 bits per heavy atom. The van der Waals surface area contributed by atoms with E-state index in [1.165, 1.54) is 24.3 Å². The number of nitrogens with zero attached hydrogens (tertiary/aromatic N) is 3. The van der Waals surface area contributed by atoms with Gasteiger partial charge in [0.2, 0.25) is 5.82 Å². The summed E-state index contributed by atoms with van der Waals surface area (Å²) in [5.41, 5.74) is 2.69. The van der Waals surface area contributed by atoms with Gasteiger partial charge in [-0.3, -0.25) is 0 Å². The fourth-order valence-corrected chi connectivity index (χ4v) is 4.11. The van der Waals surface area contributed by atoms with E-state index >= 15 is 0 Å². The van der Waals surface area contributed by atoms with Gasteiger partial charge in [-0.1, -0.05) is 17.3 Å². The fourth-order valence-electron chi connectivity index (χ4n) is 3.79. The third kappa shape index (κ3) is 4.14. The van der Waals surface area contributed by atoms with Crippen molar-refractivity contribution in [1.29, 1.82) is 0 Å². The third-order valence-electron chi connectivity index (χ3n) is 5.43. The zero-order valence-electron chi connectivity index (χ0n) is 17.5. The van der Waals surface area contributed by atoms with Crippen LogP contribution in [0.1, 0.15) is 30.2 Å². The highest BCUT2D eigenvalue weighted by Gasteiger charge is 2.34. The highest BCUT2D eigenvalue weighted by atomic mass is 32.1. The molecule has 2 aromatic carbocycles. The summed E-state index contributed by atoms with van der Waals surface area (Å²) in [6, 6.07) is 15.2. The molecule has 9 heteroatoms. The first-order valence-electron chi connectivity index (χ1n) is 10.2. The summed E-state index contributed by atoms with van der Waals surface area (Å²) >= 11 is 5.63. The van der Waals surface area contributed by atoms with Crippen LogP contribution >= 0.6 is 12.2 Å². The summed E-state index contributed by atoms with van der Waals surface area (Å²) in [5, 5.41) is 7.81. The highest BCUT2D eigenvalue weighted by molar-refractivity contribution is 7.80. The lowest BCUT2D eigenvalue weighted by molar-refractivity contribution is 0.382. The average molecular weight is 464 g/mol.